The molecule has 2 N–H and O–H groups in total. The zero-order valence-corrected chi connectivity index (χ0v) is 12.0. The third-order valence-electron chi connectivity index (χ3n) is 2.53. The Kier molecular flexibility index (Phi) is 6.05. The van der Waals surface area contributed by atoms with Gasteiger partial charge in [-0.3, -0.25) is 4.79 Å². The Labute approximate surface area is 124 Å². The van der Waals surface area contributed by atoms with Gasteiger partial charge >= 0.3 is 11.5 Å². The first kappa shape index (κ1) is 17.3. The molecule has 0 radical (unpaired) electrons. The van der Waals surface area contributed by atoms with Crippen LogP contribution in [0.15, 0.2) is 17.0 Å². The minimum atomic E-state index is -4.54. The number of alkyl halides is 3. The van der Waals surface area contributed by atoms with E-state index in [1.54, 1.807) is 13.0 Å². The lowest BCUT2D eigenvalue weighted by Crippen LogP contribution is -2.13. The van der Waals surface area contributed by atoms with Crippen molar-refractivity contribution in [2.45, 2.75) is 30.3 Å². The number of esters is 1. The Morgan fingerprint density at radius 1 is 1.48 bits per heavy atom. The van der Waals surface area contributed by atoms with Gasteiger partial charge in [0.2, 0.25) is 0 Å². The van der Waals surface area contributed by atoms with Gasteiger partial charge in [0.25, 0.3) is 0 Å². The van der Waals surface area contributed by atoms with Crippen LogP contribution >= 0.6 is 11.8 Å². The predicted molar refractivity (Wildman–Crippen MR) is 71.3 cm³/mol. The summed E-state index contributed by atoms with van der Waals surface area (Å²) in [6.45, 7) is 1.57. The summed E-state index contributed by atoms with van der Waals surface area (Å²) in [5, 5.41) is 9.02. The largest absolute Gasteiger partial charge is 0.466 e. The van der Waals surface area contributed by atoms with Gasteiger partial charge in [0.05, 0.1) is 24.7 Å². The molecule has 8 heteroatoms. The number of nitriles is 1. The van der Waals surface area contributed by atoms with Gasteiger partial charge in [0, 0.05) is 11.4 Å². The van der Waals surface area contributed by atoms with E-state index in [-0.39, 0.29) is 46.5 Å². The van der Waals surface area contributed by atoms with Crippen molar-refractivity contribution in [1.82, 2.24) is 0 Å². The normalized spacial score (nSPS) is 11.0. The summed E-state index contributed by atoms with van der Waals surface area (Å²) in [7, 11) is 0. The highest BCUT2D eigenvalue weighted by atomic mass is 32.2. The Balaban J connectivity index is 3.34. The first-order chi connectivity index (χ1) is 9.82. The molecule has 0 fully saturated rings. The van der Waals surface area contributed by atoms with E-state index in [0.717, 1.165) is 0 Å². The van der Waals surface area contributed by atoms with Crippen molar-refractivity contribution in [2.75, 3.05) is 6.61 Å². The van der Waals surface area contributed by atoms with E-state index in [1.165, 1.54) is 12.1 Å². The van der Waals surface area contributed by atoms with Crippen LogP contribution in [0.25, 0.3) is 0 Å². The SMILES string of the molecule is CCOC(=O)Cc1c(C#N)ccc(CN)c1SC(F)(F)F. The molecule has 0 saturated carbocycles. The van der Waals surface area contributed by atoms with Crippen LogP contribution in [0.4, 0.5) is 13.2 Å². The predicted octanol–water partition coefficient (Wildman–Crippen LogP) is 2.73. The molecule has 0 unspecified atom stereocenters. The van der Waals surface area contributed by atoms with Gasteiger partial charge < -0.3 is 10.5 Å². The molecule has 0 spiro atoms. The van der Waals surface area contributed by atoms with Gasteiger partial charge in [-0.05, 0) is 35.9 Å². The highest BCUT2D eigenvalue weighted by Gasteiger charge is 2.32. The van der Waals surface area contributed by atoms with E-state index in [1.807, 2.05) is 0 Å². The van der Waals surface area contributed by atoms with Crippen molar-refractivity contribution in [1.29, 1.82) is 5.26 Å². The lowest BCUT2D eigenvalue weighted by Gasteiger charge is -2.16. The summed E-state index contributed by atoms with van der Waals surface area (Å²) in [6, 6.07) is 4.51. The number of rotatable bonds is 5. The van der Waals surface area contributed by atoms with Crippen molar-refractivity contribution in [2.24, 2.45) is 5.73 Å². The highest BCUT2D eigenvalue weighted by Crippen LogP contribution is 2.41. The minimum Gasteiger partial charge on any atom is -0.466 e. The van der Waals surface area contributed by atoms with Crippen LogP contribution in [-0.2, 0) is 22.5 Å². The Bertz CT molecular complexity index is 568. The monoisotopic (exact) mass is 318 g/mol. The molecule has 1 aromatic carbocycles. The van der Waals surface area contributed by atoms with Crippen LogP contribution in [0.2, 0.25) is 0 Å². The number of hydrogen-bond acceptors (Lipinski definition) is 5. The second-order valence-electron chi connectivity index (χ2n) is 3.93. The molecule has 0 atom stereocenters. The highest BCUT2D eigenvalue weighted by molar-refractivity contribution is 8.00. The van der Waals surface area contributed by atoms with Gasteiger partial charge in [0.1, 0.15) is 0 Å². The summed E-state index contributed by atoms with van der Waals surface area (Å²) in [5.74, 6) is -0.688. The maximum Gasteiger partial charge on any atom is 0.446 e. The Morgan fingerprint density at radius 2 is 2.14 bits per heavy atom. The van der Waals surface area contributed by atoms with Gasteiger partial charge in [-0.25, -0.2) is 0 Å². The third-order valence-corrected chi connectivity index (χ3v) is 3.47. The van der Waals surface area contributed by atoms with Crippen LogP contribution in [0.5, 0.6) is 0 Å². The summed E-state index contributed by atoms with van der Waals surface area (Å²) >= 11 is -0.371. The van der Waals surface area contributed by atoms with Crippen molar-refractivity contribution in [3.8, 4) is 6.07 Å². The van der Waals surface area contributed by atoms with E-state index in [2.05, 4.69) is 0 Å². The standard InChI is InChI=1S/C13H13F3N2O2S/c1-2-20-11(19)5-10-8(6-17)3-4-9(7-18)12(10)21-13(14,15)16/h3-4H,2,5,7,18H2,1H3. The number of carbonyl (C=O) groups is 1. The molecule has 0 aromatic heterocycles. The molecule has 0 bridgehead atoms. The molecule has 4 nitrogen and oxygen atoms in total. The van der Waals surface area contributed by atoms with E-state index in [0.29, 0.717) is 0 Å². The van der Waals surface area contributed by atoms with E-state index in [9.17, 15) is 18.0 Å². The Hall–Kier alpha value is -1.72. The molecule has 0 aliphatic rings. The molecule has 21 heavy (non-hydrogen) atoms. The lowest BCUT2D eigenvalue weighted by molar-refractivity contribution is -0.142. The van der Waals surface area contributed by atoms with Crippen LogP contribution in [0.3, 0.4) is 0 Å². The molecule has 1 aromatic rings. The summed E-state index contributed by atoms with van der Waals surface area (Å²) < 4.78 is 42.8. The zero-order valence-electron chi connectivity index (χ0n) is 11.2. The van der Waals surface area contributed by atoms with Gasteiger partial charge in [-0.1, -0.05) is 6.07 Å². The summed E-state index contributed by atoms with van der Waals surface area (Å²) in [5.41, 5.74) is 1.14. The van der Waals surface area contributed by atoms with Gasteiger partial charge in [-0.15, -0.1) is 0 Å². The van der Waals surface area contributed by atoms with Crippen molar-refractivity contribution in [3.05, 3.63) is 28.8 Å². The lowest BCUT2D eigenvalue weighted by atomic mass is 10.0. The first-order valence-electron chi connectivity index (χ1n) is 5.98. The van der Waals surface area contributed by atoms with E-state index in [4.69, 9.17) is 15.7 Å². The van der Waals surface area contributed by atoms with Gasteiger partial charge in [-0.2, -0.15) is 18.4 Å². The maximum atomic E-state index is 12.7. The topological polar surface area (TPSA) is 76.1 Å². The number of halogens is 3. The number of nitrogens with two attached hydrogens (primary N) is 1. The average Bonchev–Trinajstić information content (AvgIpc) is 2.39. The molecule has 0 aliphatic carbocycles. The average molecular weight is 318 g/mol. The van der Waals surface area contributed by atoms with Crippen molar-refractivity contribution < 1.29 is 22.7 Å². The van der Waals surface area contributed by atoms with Crippen molar-refractivity contribution in [3.63, 3.8) is 0 Å². The fourth-order valence-corrected chi connectivity index (χ4v) is 2.54. The maximum absolute atomic E-state index is 12.7. The zero-order chi connectivity index (χ0) is 16.0. The molecular formula is C13H13F3N2O2S. The van der Waals surface area contributed by atoms with E-state index < -0.39 is 17.9 Å². The molecule has 114 valence electrons. The first-order valence-corrected chi connectivity index (χ1v) is 6.80. The second-order valence-corrected chi connectivity index (χ2v) is 5.00. The molecule has 0 aliphatic heterocycles. The van der Waals surface area contributed by atoms with E-state index >= 15 is 0 Å². The Morgan fingerprint density at radius 3 is 2.62 bits per heavy atom. The molecule has 0 amide bonds. The quantitative estimate of drug-likeness (QED) is 0.667. The smallest absolute Gasteiger partial charge is 0.446 e. The molecular weight excluding hydrogens is 305 g/mol. The number of thioether (sulfide) groups is 1. The van der Waals surface area contributed by atoms with Crippen LogP contribution in [0.1, 0.15) is 23.6 Å². The minimum absolute atomic E-state index is 0.00113. The number of carbonyl (C=O) groups excluding carboxylic acids is 1. The van der Waals surface area contributed by atoms with Crippen LogP contribution < -0.4 is 5.73 Å². The van der Waals surface area contributed by atoms with Crippen LogP contribution in [0, 0.1) is 11.3 Å². The van der Waals surface area contributed by atoms with Gasteiger partial charge in [0.15, 0.2) is 0 Å². The number of benzene rings is 1. The molecule has 0 saturated heterocycles. The number of nitrogens with zero attached hydrogens (tertiary/aromatic N) is 1. The molecule has 0 heterocycles. The fourth-order valence-electron chi connectivity index (χ4n) is 1.72. The number of hydrogen-bond donors (Lipinski definition) is 1. The summed E-state index contributed by atoms with van der Waals surface area (Å²) in [6.07, 6.45) is -0.400. The molecule has 1 rings (SSSR count). The summed E-state index contributed by atoms with van der Waals surface area (Å²) in [4.78, 5) is 11.3. The van der Waals surface area contributed by atoms with Crippen LogP contribution in [-0.4, -0.2) is 18.1 Å². The second kappa shape index (κ2) is 7.33. The third kappa shape index (κ3) is 4.95. The number of ether oxygens (including phenoxy) is 1. The fraction of sp³-hybridized carbons (Fsp3) is 0.385. The van der Waals surface area contributed by atoms with Crippen molar-refractivity contribution >= 4 is 17.7 Å².